The Balaban J connectivity index is 0.00000364. The monoisotopic (exact) mass is 483 g/mol. The number of aliphatic imine (C=N–C) groups is 1. The minimum Gasteiger partial charge on any atom is -0.494 e. The zero-order chi connectivity index (χ0) is 18.3. The minimum absolute atomic E-state index is 0. The van der Waals surface area contributed by atoms with Crippen LogP contribution in [-0.2, 0) is 0 Å². The number of pyridine rings is 1. The van der Waals surface area contributed by atoms with Crippen LogP contribution in [0.3, 0.4) is 0 Å². The highest BCUT2D eigenvalue weighted by atomic mass is 127. The van der Waals surface area contributed by atoms with E-state index in [-0.39, 0.29) is 24.0 Å². The average Bonchev–Trinajstić information content (AvgIpc) is 2.70. The Morgan fingerprint density at radius 2 is 1.63 bits per heavy atom. The number of aromatic nitrogens is 1. The van der Waals surface area contributed by atoms with Crippen molar-refractivity contribution in [2.24, 2.45) is 4.99 Å². The van der Waals surface area contributed by atoms with Crippen LogP contribution in [0.25, 0.3) is 0 Å². The fourth-order valence-corrected chi connectivity index (χ4v) is 2.35. The third kappa shape index (κ3) is 10.6. The molecule has 0 aliphatic rings. The predicted molar refractivity (Wildman–Crippen MR) is 123 cm³/mol. The van der Waals surface area contributed by atoms with E-state index in [4.69, 9.17) is 4.74 Å². The summed E-state index contributed by atoms with van der Waals surface area (Å²) in [5.41, 5.74) is 0. The molecule has 7 heteroatoms. The van der Waals surface area contributed by atoms with Crippen molar-refractivity contribution in [1.29, 1.82) is 0 Å². The summed E-state index contributed by atoms with van der Waals surface area (Å²) in [5.74, 6) is 2.67. The van der Waals surface area contributed by atoms with Crippen LogP contribution in [-0.4, -0.2) is 44.2 Å². The molecule has 1 heterocycles. The van der Waals surface area contributed by atoms with E-state index >= 15 is 0 Å². The SMILES string of the molecule is CN=C(NCCCCNc1ccccn1)NCCCOc1ccccc1.I. The van der Waals surface area contributed by atoms with Crippen LogP contribution in [0.1, 0.15) is 19.3 Å². The number of para-hydroxylation sites is 1. The zero-order valence-corrected chi connectivity index (χ0v) is 18.2. The maximum Gasteiger partial charge on any atom is 0.190 e. The Bertz CT molecular complexity index is 625. The van der Waals surface area contributed by atoms with Crippen LogP contribution in [0.5, 0.6) is 5.75 Å². The topological polar surface area (TPSA) is 70.6 Å². The highest BCUT2D eigenvalue weighted by Gasteiger charge is 1.98. The van der Waals surface area contributed by atoms with Crippen molar-refractivity contribution in [2.75, 3.05) is 38.6 Å². The molecule has 2 rings (SSSR count). The third-order valence-corrected chi connectivity index (χ3v) is 3.72. The van der Waals surface area contributed by atoms with Gasteiger partial charge in [-0.05, 0) is 43.5 Å². The lowest BCUT2D eigenvalue weighted by Crippen LogP contribution is -2.38. The number of hydrogen-bond donors (Lipinski definition) is 3. The lowest BCUT2D eigenvalue weighted by atomic mass is 10.3. The van der Waals surface area contributed by atoms with Gasteiger partial charge in [-0.15, -0.1) is 24.0 Å². The van der Waals surface area contributed by atoms with Crippen LogP contribution in [0.2, 0.25) is 0 Å². The first kappa shape index (κ1) is 23.0. The highest BCUT2D eigenvalue weighted by molar-refractivity contribution is 14.0. The summed E-state index contributed by atoms with van der Waals surface area (Å²) in [6.07, 6.45) is 4.86. The fourth-order valence-electron chi connectivity index (χ4n) is 2.35. The van der Waals surface area contributed by atoms with Gasteiger partial charge < -0.3 is 20.7 Å². The van der Waals surface area contributed by atoms with Crippen LogP contribution < -0.4 is 20.7 Å². The largest absolute Gasteiger partial charge is 0.494 e. The summed E-state index contributed by atoms with van der Waals surface area (Å²) in [6.45, 7) is 3.33. The van der Waals surface area contributed by atoms with Gasteiger partial charge in [-0.1, -0.05) is 24.3 Å². The Hall–Kier alpha value is -2.03. The number of benzene rings is 1. The van der Waals surface area contributed by atoms with E-state index in [1.807, 2.05) is 48.5 Å². The molecule has 3 N–H and O–H groups in total. The van der Waals surface area contributed by atoms with Gasteiger partial charge in [-0.2, -0.15) is 0 Å². The van der Waals surface area contributed by atoms with Gasteiger partial charge >= 0.3 is 0 Å². The third-order valence-electron chi connectivity index (χ3n) is 3.72. The van der Waals surface area contributed by atoms with Crippen molar-refractivity contribution in [1.82, 2.24) is 15.6 Å². The molecule has 0 atom stereocenters. The van der Waals surface area contributed by atoms with Gasteiger partial charge in [-0.25, -0.2) is 4.98 Å². The second-order valence-corrected chi connectivity index (χ2v) is 5.79. The van der Waals surface area contributed by atoms with Gasteiger partial charge in [0.15, 0.2) is 5.96 Å². The second-order valence-electron chi connectivity index (χ2n) is 5.79. The standard InChI is InChI=1S/C20H29N5O.HI/c1-21-20(25-16-9-17-26-18-10-3-2-4-11-18)24-15-8-7-14-23-19-12-5-6-13-22-19;/h2-6,10-13H,7-9,14-17H2,1H3,(H,22,23)(H2,21,24,25);1H. The fraction of sp³-hybridized carbons (Fsp3) is 0.400. The molecule has 0 fully saturated rings. The quantitative estimate of drug-likeness (QED) is 0.198. The Labute approximate surface area is 179 Å². The van der Waals surface area contributed by atoms with Crippen molar-refractivity contribution >= 4 is 35.8 Å². The predicted octanol–water partition coefficient (Wildman–Crippen LogP) is 3.53. The Kier molecular flexibility index (Phi) is 12.8. The smallest absolute Gasteiger partial charge is 0.190 e. The molecule has 0 amide bonds. The van der Waals surface area contributed by atoms with Crippen molar-refractivity contribution in [2.45, 2.75) is 19.3 Å². The highest BCUT2D eigenvalue weighted by Crippen LogP contribution is 2.08. The first-order chi connectivity index (χ1) is 12.9. The molecular weight excluding hydrogens is 453 g/mol. The van der Waals surface area contributed by atoms with E-state index in [0.29, 0.717) is 6.61 Å². The van der Waals surface area contributed by atoms with Gasteiger partial charge in [0.25, 0.3) is 0 Å². The minimum atomic E-state index is 0. The molecule has 148 valence electrons. The summed E-state index contributed by atoms with van der Waals surface area (Å²) in [5, 5.41) is 9.95. The summed E-state index contributed by atoms with van der Waals surface area (Å²) in [6, 6.07) is 15.8. The van der Waals surface area contributed by atoms with Gasteiger partial charge in [0.2, 0.25) is 0 Å². The number of rotatable bonds is 11. The molecule has 27 heavy (non-hydrogen) atoms. The average molecular weight is 483 g/mol. The number of nitrogens with zero attached hydrogens (tertiary/aromatic N) is 2. The molecule has 0 radical (unpaired) electrons. The number of halogens is 1. The van der Waals surface area contributed by atoms with Gasteiger partial charge in [0.05, 0.1) is 6.61 Å². The molecule has 1 aromatic carbocycles. The number of unbranched alkanes of at least 4 members (excludes halogenated alkanes) is 1. The van der Waals surface area contributed by atoms with Crippen LogP contribution >= 0.6 is 24.0 Å². The van der Waals surface area contributed by atoms with E-state index in [1.54, 1.807) is 13.2 Å². The summed E-state index contributed by atoms with van der Waals surface area (Å²) >= 11 is 0. The summed E-state index contributed by atoms with van der Waals surface area (Å²) < 4.78 is 5.67. The summed E-state index contributed by atoms with van der Waals surface area (Å²) in [4.78, 5) is 8.48. The molecule has 0 spiro atoms. The molecule has 0 aliphatic carbocycles. The number of anilines is 1. The van der Waals surface area contributed by atoms with E-state index in [0.717, 1.165) is 56.4 Å². The van der Waals surface area contributed by atoms with Crippen molar-refractivity contribution < 1.29 is 4.74 Å². The van der Waals surface area contributed by atoms with Crippen molar-refractivity contribution in [3.63, 3.8) is 0 Å². The van der Waals surface area contributed by atoms with Crippen molar-refractivity contribution in [3.05, 3.63) is 54.7 Å². The van der Waals surface area contributed by atoms with Crippen molar-refractivity contribution in [3.8, 4) is 5.75 Å². The molecular formula is C20H30IN5O. The lowest BCUT2D eigenvalue weighted by Gasteiger charge is -2.12. The van der Waals surface area contributed by atoms with Gasteiger partial charge in [0, 0.05) is 32.9 Å². The Morgan fingerprint density at radius 3 is 2.33 bits per heavy atom. The van der Waals surface area contributed by atoms with E-state index in [9.17, 15) is 0 Å². The number of nitrogens with one attached hydrogen (secondary N) is 3. The van der Waals surface area contributed by atoms with Crippen LogP contribution in [0.4, 0.5) is 5.82 Å². The van der Waals surface area contributed by atoms with E-state index in [2.05, 4.69) is 25.9 Å². The first-order valence-electron chi connectivity index (χ1n) is 9.16. The molecule has 2 aromatic rings. The van der Waals surface area contributed by atoms with E-state index in [1.165, 1.54) is 0 Å². The van der Waals surface area contributed by atoms with E-state index < -0.39 is 0 Å². The van der Waals surface area contributed by atoms with Gasteiger partial charge in [-0.3, -0.25) is 4.99 Å². The second kappa shape index (κ2) is 15.1. The first-order valence-corrected chi connectivity index (χ1v) is 9.16. The van der Waals surface area contributed by atoms with Crippen LogP contribution in [0, 0.1) is 0 Å². The number of ether oxygens (including phenoxy) is 1. The van der Waals surface area contributed by atoms with Crippen LogP contribution in [0.15, 0.2) is 59.7 Å². The molecule has 0 unspecified atom stereocenters. The number of guanidine groups is 1. The maximum atomic E-state index is 5.67. The number of hydrogen-bond acceptors (Lipinski definition) is 4. The maximum absolute atomic E-state index is 5.67. The lowest BCUT2D eigenvalue weighted by molar-refractivity contribution is 0.311. The molecule has 0 aliphatic heterocycles. The summed E-state index contributed by atoms with van der Waals surface area (Å²) in [7, 11) is 1.79. The molecule has 0 bridgehead atoms. The molecule has 0 saturated heterocycles. The van der Waals surface area contributed by atoms with Gasteiger partial charge in [0.1, 0.15) is 11.6 Å². The Morgan fingerprint density at radius 1 is 0.926 bits per heavy atom. The molecule has 6 nitrogen and oxygen atoms in total. The molecule has 1 aromatic heterocycles. The normalized spacial score (nSPS) is 10.6. The zero-order valence-electron chi connectivity index (χ0n) is 15.9. The molecule has 0 saturated carbocycles.